The van der Waals surface area contributed by atoms with Gasteiger partial charge in [0.15, 0.2) is 0 Å². The van der Waals surface area contributed by atoms with Gasteiger partial charge in [0.25, 0.3) is 0 Å². The van der Waals surface area contributed by atoms with Gasteiger partial charge in [0.2, 0.25) is 0 Å². The zero-order chi connectivity index (χ0) is 12.7. The Labute approximate surface area is 114 Å². The van der Waals surface area contributed by atoms with Crippen LogP contribution >= 0.6 is 15.9 Å². The summed E-state index contributed by atoms with van der Waals surface area (Å²) in [4.78, 5) is 2.50. The van der Waals surface area contributed by atoms with Gasteiger partial charge in [0, 0.05) is 29.3 Å². The molecule has 17 heavy (non-hydrogen) atoms. The van der Waals surface area contributed by atoms with Gasteiger partial charge in [-0.2, -0.15) is 0 Å². The SMILES string of the molecule is CCC(C)N(CC)CCNc1ccccc1Br. The molecule has 1 rings (SSSR count). The first-order chi connectivity index (χ1) is 8.19. The van der Waals surface area contributed by atoms with Gasteiger partial charge in [-0.05, 0) is 48.0 Å². The molecular formula is C14H23BrN2. The van der Waals surface area contributed by atoms with Crippen LogP contribution in [0.4, 0.5) is 5.69 Å². The van der Waals surface area contributed by atoms with Crippen LogP contribution in [0.3, 0.4) is 0 Å². The van der Waals surface area contributed by atoms with Crippen LogP contribution in [0.5, 0.6) is 0 Å². The molecule has 1 aromatic rings. The van der Waals surface area contributed by atoms with E-state index in [-0.39, 0.29) is 0 Å². The monoisotopic (exact) mass is 298 g/mol. The maximum absolute atomic E-state index is 3.55. The summed E-state index contributed by atoms with van der Waals surface area (Å²) in [5.41, 5.74) is 1.17. The molecule has 0 saturated carbocycles. The minimum Gasteiger partial charge on any atom is -0.383 e. The first kappa shape index (κ1) is 14.5. The molecule has 0 aliphatic rings. The highest BCUT2D eigenvalue weighted by molar-refractivity contribution is 9.10. The molecule has 0 amide bonds. The van der Waals surface area contributed by atoms with Crippen LogP contribution < -0.4 is 5.32 Å². The van der Waals surface area contributed by atoms with Crippen molar-refractivity contribution in [3.8, 4) is 0 Å². The van der Waals surface area contributed by atoms with Crippen molar-refractivity contribution in [2.45, 2.75) is 33.2 Å². The number of nitrogens with one attached hydrogen (secondary N) is 1. The summed E-state index contributed by atoms with van der Waals surface area (Å²) in [5.74, 6) is 0. The zero-order valence-electron chi connectivity index (χ0n) is 11.0. The molecule has 0 bridgehead atoms. The van der Waals surface area contributed by atoms with E-state index in [2.05, 4.69) is 65.1 Å². The third-order valence-corrected chi connectivity index (χ3v) is 3.90. The fourth-order valence-electron chi connectivity index (χ4n) is 1.89. The number of anilines is 1. The van der Waals surface area contributed by atoms with Crippen molar-refractivity contribution in [3.05, 3.63) is 28.7 Å². The molecule has 0 spiro atoms. The summed E-state index contributed by atoms with van der Waals surface area (Å²) in [6.45, 7) is 9.96. The summed E-state index contributed by atoms with van der Waals surface area (Å²) in [6.07, 6.45) is 1.21. The second kappa shape index (κ2) is 7.72. The van der Waals surface area contributed by atoms with Crippen LogP contribution in [0.2, 0.25) is 0 Å². The van der Waals surface area contributed by atoms with Gasteiger partial charge in [0.05, 0.1) is 0 Å². The smallest absolute Gasteiger partial charge is 0.0485 e. The molecule has 2 nitrogen and oxygen atoms in total. The Balaban J connectivity index is 2.39. The van der Waals surface area contributed by atoms with Crippen molar-refractivity contribution in [1.29, 1.82) is 0 Å². The van der Waals surface area contributed by atoms with Crippen LogP contribution in [-0.2, 0) is 0 Å². The molecule has 0 aliphatic carbocycles. The highest BCUT2D eigenvalue weighted by Gasteiger charge is 2.09. The molecule has 0 radical (unpaired) electrons. The predicted molar refractivity (Wildman–Crippen MR) is 79.6 cm³/mol. The third-order valence-electron chi connectivity index (χ3n) is 3.21. The maximum atomic E-state index is 3.55. The molecule has 1 N–H and O–H groups in total. The van der Waals surface area contributed by atoms with Gasteiger partial charge in [-0.25, -0.2) is 0 Å². The van der Waals surface area contributed by atoms with Crippen molar-refractivity contribution in [1.82, 2.24) is 4.90 Å². The third kappa shape index (κ3) is 4.68. The van der Waals surface area contributed by atoms with Crippen LogP contribution in [0, 0.1) is 0 Å². The van der Waals surface area contributed by atoms with Gasteiger partial charge < -0.3 is 5.32 Å². The predicted octanol–water partition coefficient (Wildman–Crippen LogP) is 3.98. The Kier molecular flexibility index (Phi) is 6.60. The van der Waals surface area contributed by atoms with Crippen LogP contribution in [-0.4, -0.2) is 30.6 Å². The van der Waals surface area contributed by atoms with Crippen LogP contribution in [0.25, 0.3) is 0 Å². The molecule has 96 valence electrons. The lowest BCUT2D eigenvalue weighted by molar-refractivity contribution is 0.223. The number of rotatable bonds is 7. The number of para-hydroxylation sites is 1. The Morgan fingerprint density at radius 2 is 2.00 bits per heavy atom. The van der Waals surface area contributed by atoms with Crippen molar-refractivity contribution in [3.63, 3.8) is 0 Å². The van der Waals surface area contributed by atoms with Gasteiger partial charge in [0.1, 0.15) is 0 Å². The van der Waals surface area contributed by atoms with Gasteiger partial charge in [-0.15, -0.1) is 0 Å². The lowest BCUT2D eigenvalue weighted by Crippen LogP contribution is -2.36. The van der Waals surface area contributed by atoms with E-state index in [0.29, 0.717) is 6.04 Å². The second-order valence-corrected chi connectivity index (χ2v) is 5.15. The standard InChI is InChI=1S/C14H23BrN2/c1-4-12(3)17(5-2)11-10-16-14-9-7-6-8-13(14)15/h6-9,12,16H,4-5,10-11H2,1-3H3. The zero-order valence-corrected chi connectivity index (χ0v) is 12.6. The van der Waals surface area contributed by atoms with E-state index in [1.54, 1.807) is 0 Å². The Bertz CT molecular complexity index is 328. The van der Waals surface area contributed by atoms with Crippen molar-refractivity contribution >= 4 is 21.6 Å². The Morgan fingerprint density at radius 3 is 2.59 bits per heavy atom. The quantitative estimate of drug-likeness (QED) is 0.819. The molecule has 0 saturated heterocycles. The molecule has 0 heterocycles. The number of hydrogen-bond acceptors (Lipinski definition) is 2. The maximum Gasteiger partial charge on any atom is 0.0485 e. The van der Waals surface area contributed by atoms with Crippen LogP contribution in [0.1, 0.15) is 27.2 Å². The highest BCUT2D eigenvalue weighted by Crippen LogP contribution is 2.20. The lowest BCUT2D eigenvalue weighted by Gasteiger charge is -2.27. The van der Waals surface area contributed by atoms with E-state index in [1.165, 1.54) is 12.1 Å². The minimum absolute atomic E-state index is 0.668. The van der Waals surface area contributed by atoms with Gasteiger partial charge in [-0.1, -0.05) is 26.0 Å². The number of likely N-dealkylation sites (N-methyl/N-ethyl adjacent to an activating group) is 1. The summed E-state index contributed by atoms with van der Waals surface area (Å²) >= 11 is 3.55. The Morgan fingerprint density at radius 1 is 1.29 bits per heavy atom. The van der Waals surface area contributed by atoms with Crippen LogP contribution in [0.15, 0.2) is 28.7 Å². The number of nitrogens with zero attached hydrogens (tertiary/aromatic N) is 1. The second-order valence-electron chi connectivity index (χ2n) is 4.29. The molecule has 0 fully saturated rings. The molecule has 3 heteroatoms. The van der Waals surface area contributed by atoms with Gasteiger partial charge in [-0.3, -0.25) is 4.90 Å². The fourth-order valence-corrected chi connectivity index (χ4v) is 2.31. The van der Waals surface area contributed by atoms with E-state index in [1.807, 2.05) is 6.07 Å². The first-order valence-electron chi connectivity index (χ1n) is 6.41. The largest absolute Gasteiger partial charge is 0.383 e. The first-order valence-corrected chi connectivity index (χ1v) is 7.20. The van der Waals surface area contributed by atoms with E-state index < -0.39 is 0 Å². The van der Waals surface area contributed by atoms with Crippen molar-refractivity contribution in [2.24, 2.45) is 0 Å². The fraction of sp³-hybridized carbons (Fsp3) is 0.571. The molecule has 0 aromatic heterocycles. The van der Waals surface area contributed by atoms with Gasteiger partial charge >= 0.3 is 0 Å². The van der Waals surface area contributed by atoms with E-state index in [0.717, 1.165) is 24.1 Å². The van der Waals surface area contributed by atoms with Crippen molar-refractivity contribution < 1.29 is 0 Å². The molecular weight excluding hydrogens is 276 g/mol. The lowest BCUT2D eigenvalue weighted by atomic mass is 10.2. The van der Waals surface area contributed by atoms with E-state index in [9.17, 15) is 0 Å². The average Bonchev–Trinajstić information content (AvgIpc) is 2.36. The summed E-state index contributed by atoms with van der Waals surface area (Å²) in [7, 11) is 0. The molecule has 1 atom stereocenters. The van der Waals surface area contributed by atoms with E-state index >= 15 is 0 Å². The Hall–Kier alpha value is -0.540. The number of benzene rings is 1. The topological polar surface area (TPSA) is 15.3 Å². The summed E-state index contributed by atoms with van der Waals surface area (Å²) in [5, 5.41) is 3.47. The molecule has 1 aromatic carbocycles. The van der Waals surface area contributed by atoms with E-state index in [4.69, 9.17) is 0 Å². The number of hydrogen-bond donors (Lipinski definition) is 1. The number of halogens is 1. The molecule has 1 unspecified atom stereocenters. The average molecular weight is 299 g/mol. The normalized spacial score (nSPS) is 12.8. The minimum atomic E-state index is 0.668. The molecule has 0 aliphatic heterocycles. The highest BCUT2D eigenvalue weighted by atomic mass is 79.9. The summed E-state index contributed by atoms with van der Waals surface area (Å²) in [6, 6.07) is 8.92. The summed E-state index contributed by atoms with van der Waals surface area (Å²) < 4.78 is 1.13. The van der Waals surface area contributed by atoms with Crippen molar-refractivity contribution in [2.75, 3.05) is 25.0 Å².